The minimum absolute atomic E-state index is 0. The fraction of sp³-hybridized carbons (Fsp3) is 0. The van der Waals surface area contributed by atoms with Crippen molar-refractivity contribution < 1.29 is 34.7 Å². The summed E-state index contributed by atoms with van der Waals surface area (Å²) in [5.74, 6) is 0.249. The van der Waals surface area contributed by atoms with Crippen LogP contribution in [-0.2, 0) is 0 Å². The number of hydrogen-bond donors (Lipinski definition) is 2. The van der Waals surface area contributed by atoms with Crippen molar-refractivity contribution in [1.29, 1.82) is 0 Å². The molecule has 5 nitrogen and oxygen atoms in total. The minimum Gasteiger partial charge on any atom is -0.508 e. The van der Waals surface area contributed by atoms with Crippen molar-refractivity contribution in [3.63, 3.8) is 0 Å². The summed E-state index contributed by atoms with van der Waals surface area (Å²) in [5.41, 5.74) is 5.98. The molecule has 0 aliphatic rings. The van der Waals surface area contributed by atoms with Crippen LogP contribution in [0.1, 0.15) is 0 Å². The maximum absolute atomic E-state index is 8.70. The van der Waals surface area contributed by atoms with Gasteiger partial charge in [0.15, 0.2) is 0 Å². The van der Waals surface area contributed by atoms with Crippen molar-refractivity contribution in [3.8, 4) is 5.75 Å². The van der Waals surface area contributed by atoms with Crippen molar-refractivity contribution in [2.75, 3.05) is 5.73 Å². The van der Waals surface area contributed by atoms with Crippen LogP contribution in [0, 0.1) is 10.1 Å². The van der Waals surface area contributed by atoms with Crippen molar-refractivity contribution in [1.82, 2.24) is 0 Å². The van der Waals surface area contributed by atoms with Gasteiger partial charge in [-0.05, 0) is 24.3 Å². The first-order valence-electron chi connectivity index (χ1n) is 2.70. The van der Waals surface area contributed by atoms with E-state index in [0.717, 1.165) is 5.34 Å². The number of nitrogens with two attached hydrogens (primary N) is 1. The van der Waals surface area contributed by atoms with Gasteiger partial charge in [0, 0.05) is 5.69 Å². The van der Waals surface area contributed by atoms with Crippen LogP contribution in [0.3, 0.4) is 0 Å². The standard InChI is InChI=1S/C6H7NO.HNO2.Na/c7-5-1-3-6(8)4-2-5;2-1-3;/h1-4,8H,7H2;(H,2,3);/q;;+1/p-1. The molecule has 0 heterocycles. The largest absolute Gasteiger partial charge is 1.00 e. The molecule has 60 valence electrons. The third-order valence-electron chi connectivity index (χ3n) is 0.893. The SMILES string of the molecule is Nc1ccc(O)cc1.O=N[O-].[Na+]. The van der Waals surface area contributed by atoms with E-state index in [0.29, 0.717) is 5.69 Å². The van der Waals surface area contributed by atoms with Gasteiger partial charge in [-0.25, -0.2) is 0 Å². The zero-order valence-electron chi connectivity index (χ0n) is 6.60. The van der Waals surface area contributed by atoms with E-state index < -0.39 is 0 Å². The van der Waals surface area contributed by atoms with Crippen LogP contribution in [0.15, 0.2) is 29.6 Å². The van der Waals surface area contributed by atoms with E-state index in [4.69, 9.17) is 21.0 Å². The second-order valence-electron chi connectivity index (χ2n) is 1.67. The zero-order chi connectivity index (χ0) is 8.69. The molecule has 0 aliphatic carbocycles. The van der Waals surface area contributed by atoms with Crippen LogP contribution >= 0.6 is 0 Å². The monoisotopic (exact) mass is 178 g/mol. The van der Waals surface area contributed by atoms with Crippen LogP contribution in [0.5, 0.6) is 5.75 Å². The number of phenols is 1. The number of aromatic hydroxyl groups is 1. The molecule has 1 aromatic rings. The molecule has 6 heteroatoms. The number of rotatable bonds is 0. The molecule has 0 saturated carbocycles. The van der Waals surface area contributed by atoms with Gasteiger partial charge in [0.2, 0.25) is 0 Å². The zero-order valence-corrected chi connectivity index (χ0v) is 8.60. The van der Waals surface area contributed by atoms with Gasteiger partial charge >= 0.3 is 29.6 Å². The number of anilines is 1. The van der Waals surface area contributed by atoms with Crippen molar-refractivity contribution in [2.45, 2.75) is 0 Å². The topological polar surface area (TPSA) is 98.7 Å². The Balaban J connectivity index is 0. The second kappa shape index (κ2) is 8.32. The van der Waals surface area contributed by atoms with Crippen molar-refractivity contribution >= 4 is 5.69 Å². The molecule has 0 fully saturated rings. The van der Waals surface area contributed by atoms with E-state index in [1.165, 1.54) is 0 Å². The summed E-state index contributed by atoms with van der Waals surface area (Å²) in [5, 5.41) is 17.7. The van der Waals surface area contributed by atoms with Crippen molar-refractivity contribution in [3.05, 3.63) is 34.4 Å². The summed E-state index contributed by atoms with van der Waals surface area (Å²) in [6, 6.07) is 6.40. The first kappa shape index (κ1) is 13.8. The Morgan fingerprint density at radius 3 is 1.92 bits per heavy atom. The smallest absolute Gasteiger partial charge is 0.508 e. The van der Waals surface area contributed by atoms with Crippen LogP contribution in [-0.4, -0.2) is 5.11 Å². The van der Waals surface area contributed by atoms with E-state index in [1.807, 2.05) is 0 Å². The summed E-state index contributed by atoms with van der Waals surface area (Å²) in [7, 11) is 0. The average molecular weight is 178 g/mol. The van der Waals surface area contributed by atoms with E-state index in [9.17, 15) is 0 Å². The summed E-state index contributed by atoms with van der Waals surface area (Å²) < 4.78 is 0. The molecule has 0 amide bonds. The average Bonchev–Trinajstić information content (AvgIpc) is 1.97. The Kier molecular flexibility index (Phi) is 9.56. The molecular weight excluding hydrogens is 171 g/mol. The molecule has 0 radical (unpaired) electrons. The van der Waals surface area contributed by atoms with Gasteiger partial charge in [0.05, 0.1) is 0 Å². The Hall–Kier alpha value is -0.780. The third kappa shape index (κ3) is 7.33. The molecule has 0 bridgehead atoms. The van der Waals surface area contributed by atoms with Gasteiger partial charge in [-0.1, -0.05) is 0 Å². The Morgan fingerprint density at radius 2 is 1.67 bits per heavy atom. The fourth-order valence-electron chi connectivity index (χ4n) is 0.474. The van der Waals surface area contributed by atoms with Crippen LogP contribution in [0.2, 0.25) is 0 Å². The first-order valence-corrected chi connectivity index (χ1v) is 2.70. The summed E-state index contributed by atoms with van der Waals surface area (Å²) in [6.45, 7) is 0. The van der Waals surface area contributed by atoms with E-state index >= 15 is 0 Å². The maximum Gasteiger partial charge on any atom is 1.00 e. The predicted octanol–water partition coefficient (Wildman–Crippen LogP) is -1.77. The van der Waals surface area contributed by atoms with Crippen LogP contribution in [0.25, 0.3) is 0 Å². The Labute approximate surface area is 91.4 Å². The quantitative estimate of drug-likeness (QED) is 0.161. The van der Waals surface area contributed by atoms with E-state index in [-0.39, 0.29) is 35.3 Å². The maximum atomic E-state index is 8.70. The number of nitrogen functional groups attached to an aromatic ring is 1. The molecule has 0 aromatic heterocycles. The van der Waals surface area contributed by atoms with Crippen molar-refractivity contribution in [2.24, 2.45) is 5.34 Å². The van der Waals surface area contributed by atoms with Gasteiger partial charge < -0.3 is 21.0 Å². The summed E-state index contributed by atoms with van der Waals surface area (Å²) in [6.07, 6.45) is 0. The molecule has 3 N–H and O–H groups in total. The molecule has 0 aliphatic heterocycles. The van der Waals surface area contributed by atoms with Crippen LogP contribution < -0.4 is 35.3 Å². The summed E-state index contributed by atoms with van der Waals surface area (Å²) in [4.78, 5) is 8.00. The van der Waals surface area contributed by atoms with Gasteiger partial charge in [-0.3, -0.25) is 0 Å². The van der Waals surface area contributed by atoms with E-state index in [2.05, 4.69) is 0 Å². The number of hydrogen-bond acceptors (Lipinski definition) is 5. The number of nitrogens with zero attached hydrogens (tertiary/aromatic N) is 1. The molecule has 0 unspecified atom stereocenters. The molecule has 0 saturated heterocycles. The fourth-order valence-corrected chi connectivity index (χ4v) is 0.474. The summed E-state index contributed by atoms with van der Waals surface area (Å²) >= 11 is 0. The Bertz CT molecular complexity index is 194. The van der Waals surface area contributed by atoms with Gasteiger partial charge in [0.1, 0.15) is 5.75 Å². The molecule has 1 rings (SSSR count). The molecule has 1 aromatic carbocycles. The molecular formula is C6H7N2NaO3. The van der Waals surface area contributed by atoms with E-state index in [1.54, 1.807) is 24.3 Å². The van der Waals surface area contributed by atoms with Crippen LogP contribution in [0.4, 0.5) is 5.69 Å². The van der Waals surface area contributed by atoms with Gasteiger partial charge in [-0.2, -0.15) is 0 Å². The number of phenolic OH excluding ortho intramolecular Hbond substituents is 1. The molecule has 0 spiro atoms. The molecule has 0 atom stereocenters. The third-order valence-corrected chi connectivity index (χ3v) is 0.893. The van der Waals surface area contributed by atoms with Gasteiger partial charge in [-0.15, -0.1) is 5.34 Å². The normalized spacial score (nSPS) is 7.00. The first-order chi connectivity index (χ1) is 5.20. The van der Waals surface area contributed by atoms with Gasteiger partial charge in [0.25, 0.3) is 0 Å². The predicted molar refractivity (Wildman–Crippen MR) is 41.7 cm³/mol. The molecule has 12 heavy (non-hydrogen) atoms. The number of benzene rings is 1. The second-order valence-corrected chi connectivity index (χ2v) is 1.67. The minimum atomic E-state index is 0. The Morgan fingerprint density at radius 1 is 1.33 bits per heavy atom.